The number of hydrogen-bond donors (Lipinski definition) is 0. The Morgan fingerprint density at radius 2 is 1.94 bits per heavy atom. The maximum atomic E-state index is 4.62. The first-order valence-corrected chi connectivity index (χ1v) is 7.99. The van der Waals surface area contributed by atoms with Crippen LogP contribution in [0.5, 0.6) is 0 Å². The van der Waals surface area contributed by atoms with Gasteiger partial charge in [-0.25, -0.2) is 4.98 Å². The number of nitrogens with zero attached hydrogens (tertiary/aromatic N) is 3. The first-order valence-electron chi connectivity index (χ1n) is 6.30. The van der Waals surface area contributed by atoms with Crippen LogP contribution in [-0.4, -0.2) is 27.3 Å². The van der Waals surface area contributed by atoms with E-state index in [1.54, 1.807) is 11.5 Å². The lowest BCUT2D eigenvalue weighted by atomic mass is 9.95. The Kier molecular flexibility index (Phi) is 4.42. The number of halogens is 1. The second-order valence-electron chi connectivity index (χ2n) is 5.09. The number of alkyl halides is 1. The summed E-state index contributed by atoms with van der Waals surface area (Å²) in [5, 5.41) is 1.11. The van der Waals surface area contributed by atoms with E-state index in [2.05, 4.69) is 51.0 Å². The van der Waals surface area contributed by atoms with Crippen molar-refractivity contribution in [2.24, 2.45) is 5.92 Å². The molecule has 1 aromatic rings. The van der Waals surface area contributed by atoms with E-state index >= 15 is 0 Å². The molecule has 0 amide bonds. The van der Waals surface area contributed by atoms with Crippen LogP contribution in [0.1, 0.15) is 45.4 Å². The molecule has 0 spiro atoms. The molecule has 1 unspecified atom stereocenters. The van der Waals surface area contributed by atoms with Crippen molar-refractivity contribution in [1.82, 2.24) is 9.36 Å². The van der Waals surface area contributed by atoms with Gasteiger partial charge in [0.05, 0.1) is 0 Å². The molecule has 0 aromatic carbocycles. The summed E-state index contributed by atoms with van der Waals surface area (Å²) in [6.45, 7) is 8.78. The number of hydrogen-bond acceptors (Lipinski definition) is 4. The van der Waals surface area contributed by atoms with Gasteiger partial charge >= 0.3 is 0 Å². The molecule has 17 heavy (non-hydrogen) atoms. The van der Waals surface area contributed by atoms with Gasteiger partial charge in [0.15, 0.2) is 0 Å². The molecule has 1 aromatic heterocycles. The van der Waals surface area contributed by atoms with E-state index in [1.807, 2.05) is 0 Å². The van der Waals surface area contributed by atoms with Gasteiger partial charge in [0.1, 0.15) is 5.82 Å². The summed E-state index contributed by atoms with van der Waals surface area (Å²) in [4.78, 5) is 7.64. The van der Waals surface area contributed by atoms with Crippen LogP contribution in [0.4, 0.5) is 5.13 Å². The Morgan fingerprint density at radius 3 is 2.41 bits per heavy atom. The van der Waals surface area contributed by atoms with E-state index < -0.39 is 0 Å². The molecule has 0 bridgehead atoms. The molecule has 0 N–H and O–H groups in total. The maximum absolute atomic E-state index is 4.62. The van der Waals surface area contributed by atoms with Crippen molar-refractivity contribution in [3.8, 4) is 0 Å². The largest absolute Gasteiger partial charge is 0.347 e. The monoisotopic (exact) mass is 317 g/mol. The minimum atomic E-state index is 0.431. The van der Waals surface area contributed by atoms with Crippen molar-refractivity contribution < 1.29 is 0 Å². The minimum Gasteiger partial charge on any atom is -0.347 e. The fourth-order valence-corrected chi connectivity index (χ4v) is 3.53. The van der Waals surface area contributed by atoms with Crippen LogP contribution in [0.25, 0.3) is 0 Å². The molecule has 0 aliphatic carbocycles. The van der Waals surface area contributed by atoms with E-state index in [4.69, 9.17) is 0 Å². The molecule has 96 valence electrons. The van der Waals surface area contributed by atoms with Crippen molar-refractivity contribution in [1.29, 1.82) is 0 Å². The predicted octanol–water partition coefficient (Wildman–Crippen LogP) is 3.66. The third-order valence-electron chi connectivity index (χ3n) is 3.41. The molecular formula is C12H20BrN3S. The third kappa shape index (κ3) is 3.19. The smallest absolute Gasteiger partial charge is 0.205 e. The van der Waals surface area contributed by atoms with Crippen LogP contribution in [0, 0.1) is 5.92 Å². The van der Waals surface area contributed by atoms with E-state index in [0.717, 1.165) is 30.0 Å². The quantitative estimate of drug-likeness (QED) is 0.797. The minimum absolute atomic E-state index is 0.431. The summed E-state index contributed by atoms with van der Waals surface area (Å²) in [5.41, 5.74) is 0. The Balaban J connectivity index is 1.96. The van der Waals surface area contributed by atoms with Gasteiger partial charge in [0.25, 0.3) is 0 Å². The SMILES string of the molecule is CC(C)c1nsc(N2CCC(C(C)Br)CC2)n1. The first kappa shape index (κ1) is 13.3. The average molecular weight is 318 g/mol. The van der Waals surface area contributed by atoms with Crippen LogP contribution >= 0.6 is 27.5 Å². The Morgan fingerprint density at radius 1 is 1.29 bits per heavy atom. The normalized spacial score (nSPS) is 19.9. The Bertz CT molecular complexity index is 356. The van der Waals surface area contributed by atoms with Crippen LogP contribution in [0.3, 0.4) is 0 Å². The van der Waals surface area contributed by atoms with Crippen molar-refractivity contribution in [2.45, 2.75) is 44.4 Å². The molecule has 3 nitrogen and oxygen atoms in total. The third-order valence-corrected chi connectivity index (χ3v) is 4.95. The summed E-state index contributed by atoms with van der Waals surface area (Å²) >= 11 is 5.24. The second kappa shape index (κ2) is 5.65. The zero-order chi connectivity index (χ0) is 12.4. The molecule has 1 aliphatic heterocycles. The standard InChI is InChI=1S/C12H20BrN3S/c1-8(2)11-14-12(17-15-11)16-6-4-10(5-7-16)9(3)13/h8-10H,4-7H2,1-3H3. The summed E-state index contributed by atoms with van der Waals surface area (Å²) in [5.74, 6) is 2.23. The van der Waals surface area contributed by atoms with Crippen LogP contribution in [0.2, 0.25) is 0 Å². The first-order chi connectivity index (χ1) is 8.08. The van der Waals surface area contributed by atoms with Gasteiger partial charge < -0.3 is 4.90 Å². The highest BCUT2D eigenvalue weighted by molar-refractivity contribution is 9.09. The van der Waals surface area contributed by atoms with E-state index in [-0.39, 0.29) is 0 Å². The van der Waals surface area contributed by atoms with E-state index in [9.17, 15) is 0 Å². The molecule has 5 heteroatoms. The molecule has 1 aliphatic rings. The van der Waals surface area contributed by atoms with Gasteiger partial charge in [-0.05, 0) is 18.8 Å². The molecular weight excluding hydrogens is 298 g/mol. The van der Waals surface area contributed by atoms with Crippen LogP contribution in [0.15, 0.2) is 0 Å². The summed E-state index contributed by atoms with van der Waals surface area (Å²) < 4.78 is 4.42. The van der Waals surface area contributed by atoms with Gasteiger partial charge in [-0.2, -0.15) is 4.37 Å². The fourth-order valence-electron chi connectivity index (χ4n) is 2.14. The topological polar surface area (TPSA) is 29.0 Å². The van der Waals surface area contributed by atoms with Gasteiger partial charge in [-0.1, -0.05) is 36.7 Å². The molecule has 1 saturated heterocycles. The zero-order valence-electron chi connectivity index (χ0n) is 10.7. The molecule has 0 saturated carbocycles. The van der Waals surface area contributed by atoms with Crippen molar-refractivity contribution in [2.75, 3.05) is 18.0 Å². The number of aromatic nitrogens is 2. The Labute approximate surface area is 116 Å². The molecule has 1 atom stereocenters. The molecule has 0 radical (unpaired) electrons. The number of anilines is 1. The summed E-state index contributed by atoms with van der Waals surface area (Å²) in [6.07, 6.45) is 2.51. The predicted molar refractivity (Wildman–Crippen MR) is 77.3 cm³/mol. The molecule has 2 heterocycles. The number of rotatable bonds is 3. The molecule has 2 rings (SSSR count). The highest BCUT2D eigenvalue weighted by atomic mass is 79.9. The second-order valence-corrected chi connectivity index (χ2v) is 7.27. The average Bonchev–Trinajstić information content (AvgIpc) is 2.78. The lowest BCUT2D eigenvalue weighted by Crippen LogP contribution is -2.35. The van der Waals surface area contributed by atoms with Crippen LogP contribution in [-0.2, 0) is 0 Å². The van der Waals surface area contributed by atoms with Gasteiger partial charge in [0.2, 0.25) is 5.13 Å². The summed E-state index contributed by atoms with van der Waals surface area (Å²) in [7, 11) is 0. The zero-order valence-corrected chi connectivity index (χ0v) is 13.1. The Hall–Kier alpha value is -0.160. The highest BCUT2D eigenvalue weighted by Crippen LogP contribution is 2.29. The lowest BCUT2D eigenvalue weighted by molar-refractivity contribution is 0.407. The van der Waals surface area contributed by atoms with Crippen molar-refractivity contribution >= 4 is 32.6 Å². The lowest BCUT2D eigenvalue weighted by Gasteiger charge is -2.32. The molecule has 1 fully saturated rings. The fraction of sp³-hybridized carbons (Fsp3) is 0.833. The van der Waals surface area contributed by atoms with Gasteiger partial charge in [0, 0.05) is 35.4 Å². The summed E-state index contributed by atoms with van der Waals surface area (Å²) in [6, 6.07) is 0. The van der Waals surface area contributed by atoms with Crippen molar-refractivity contribution in [3.05, 3.63) is 5.82 Å². The van der Waals surface area contributed by atoms with E-state index in [0.29, 0.717) is 10.7 Å². The highest BCUT2D eigenvalue weighted by Gasteiger charge is 2.24. The van der Waals surface area contributed by atoms with Gasteiger partial charge in [-0.15, -0.1) is 0 Å². The van der Waals surface area contributed by atoms with Crippen LogP contribution < -0.4 is 4.90 Å². The maximum Gasteiger partial charge on any atom is 0.205 e. The van der Waals surface area contributed by atoms with E-state index in [1.165, 1.54) is 12.8 Å². The van der Waals surface area contributed by atoms with Gasteiger partial charge in [-0.3, -0.25) is 0 Å². The van der Waals surface area contributed by atoms with Crippen molar-refractivity contribution in [3.63, 3.8) is 0 Å². The number of piperidine rings is 1.